The van der Waals surface area contributed by atoms with E-state index < -0.39 is 5.91 Å². The molecule has 156 valence electrons. The molecule has 2 aromatic heterocycles. The first-order valence-corrected chi connectivity index (χ1v) is 9.54. The highest BCUT2D eigenvalue weighted by atomic mass is 16.5. The van der Waals surface area contributed by atoms with Crippen molar-refractivity contribution in [2.24, 2.45) is 5.10 Å². The van der Waals surface area contributed by atoms with Crippen LogP contribution in [0.15, 0.2) is 52.0 Å². The normalized spacial score (nSPS) is 11.6. The SMILES string of the molecule is CCOC(=O)c1ccc(-c2ccc(/C=N\NC(=O)c3cc(C(C)(C)C)[nH]n3)o2)cc1. The number of hydrogen-bond donors (Lipinski definition) is 2. The molecule has 1 amide bonds. The Bertz CT molecular complexity index is 1060. The maximum Gasteiger partial charge on any atom is 0.338 e. The maximum atomic E-state index is 12.2. The summed E-state index contributed by atoms with van der Waals surface area (Å²) in [6.45, 7) is 8.17. The Morgan fingerprint density at radius 2 is 1.93 bits per heavy atom. The Labute approximate surface area is 174 Å². The summed E-state index contributed by atoms with van der Waals surface area (Å²) in [4.78, 5) is 23.9. The van der Waals surface area contributed by atoms with Gasteiger partial charge >= 0.3 is 5.97 Å². The standard InChI is InChI=1S/C22H24N4O4/c1-5-29-21(28)15-8-6-14(7-9-15)18-11-10-16(30-18)13-23-26-20(27)17-12-19(25-24-17)22(2,3)4/h6-13H,5H2,1-4H3,(H,24,25)(H,26,27)/b23-13-. The summed E-state index contributed by atoms with van der Waals surface area (Å²) in [7, 11) is 0. The Kier molecular flexibility index (Phi) is 6.15. The van der Waals surface area contributed by atoms with Crippen LogP contribution in [0.4, 0.5) is 0 Å². The number of esters is 1. The average Bonchev–Trinajstić information content (AvgIpc) is 3.38. The van der Waals surface area contributed by atoms with E-state index in [-0.39, 0.29) is 17.1 Å². The van der Waals surface area contributed by atoms with Crippen molar-refractivity contribution < 1.29 is 18.7 Å². The van der Waals surface area contributed by atoms with Crippen molar-refractivity contribution in [2.45, 2.75) is 33.1 Å². The molecule has 30 heavy (non-hydrogen) atoms. The van der Waals surface area contributed by atoms with E-state index in [4.69, 9.17) is 9.15 Å². The van der Waals surface area contributed by atoms with Crippen LogP contribution in [-0.4, -0.2) is 34.9 Å². The quantitative estimate of drug-likeness (QED) is 0.365. The van der Waals surface area contributed by atoms with Gasteiger partial charge in [-0.25, -0.2) is 10.2 Å². The number of rotatable bonds is 6. The molecule has 8 nitrogen and oxygen atoms in total. The number of hydrazone groups is 1. The van der Waals surface area contributed by atoms with Crippen LogP contribution < -0.4 is 5.43 Å². The van der Waals surface area contributed by atoms with Gasteiger partial charge in [0.25, 0.3) is 5.91 Å². The zero-order valence-electron chi connectivity index (χ0n) is 17.4. The Balaban J connectivity index is 1.61. The third-order valence-electron chi connectivity index (χ3n) is 4.28. The molecule has 1 aromatic carbocycles. The Morgan fingerprint density at radius 3 is 2.57 bits per heavy atom. The third-order valence-corrected chi connectivity index (χ3v) is 4.28. The van der Waals surface area contributed by atoms with E-state index in [9.17, 15) is 9.59 Å². The molecule has 0 radical (unpaired) electrons. The highest BCUT2D eigenvalue weighted by Gasteiger charge is 2.19. The molecule has 8 heteroatoms. The summed E-state index contributed by atoms with van der Waals surface area (Å²) < 4.78 is 10.7. The van der Waals surface area contributed by atoms with Crippen molar-refractivity contribution >= 4 is 18.1 Å². The first-order valence-electron chi connectivity index (χ1n) is 9.54. The number of aromatic nitrogens is 2. The van der Waals surface area contributed by atoms with Crippen molar-refractivity contribution in [1.82, 2.24) is 15.6 Å². The van der Waals surface area contributed by atoms with Crippen LogP contribution >= 0.6 is 0 Å². The number of furan rings is 1. The third kappa shape index (κ3) is 5.02. The van der Waals surface area contributed by atoms with Gasteiger partial charge in [0.05, 0.1) is 18.4 Å². The first kappa shape index (κ1) is 21.0. The number of aromatic amines is 1. The van der Waals surface area contributed by atoms with Crippen LogP contribution in [0.3, 0.4) is 0 Å². The molecule has 0 aliphatic heterocycles. The van der Waals surface area contributed by atoms with Crippen molar-refractivity contribution in [3.63, 3.8) is 0 Å². The van der Waals surface area contributed by atoms with Gasteiger partial charge < -0.3 is 9.15 Å². The number of nitrogens with zero attached hydrogens (tertiary/aromatic N) is 2. The van der Waals surface area contributed by atoms with Gasteiger partial charge in [-0.3, -0.25) is 9.89 Å². The van der Waals surface area contributed by atoms with E-state index >= 15 is 0 Å². The summed E-state index contributed by atoms with van der Waals surface area (Å²) >= 11 is 0. The number of H-pyrrole nitrogens is 1. The number of carbonyl (C=O) groups excluding carboxylic acids is 2. The lowest BCUT2D eigenvalue weighted by Gasteiger charge is -2.14. The van der Waals surface area contributed by atoms with Gasteiger partial charge in [0, 0.05) is 16.7 Å². The Hall–Kier alpha value is -3.68. The average molecular weight is 408 g/mol. The fourth-order valence-corrected chi connectivity index (χ4v) is 2.60. The van der Waals surface area contributed by atoms with E-state index in [1.807, 2.05) is 20.8 Å². The largest absolute Gasteiger partial charge is 0.462 e. The zero-order valence-corrected chi connectivity index (χ0v) is 17.4. The fraction of sp³-hybridized carbons (Fsp3) is 0.273. The number of amides is 1. The van der Waals surface area contributed by atoms with Crippen molar-refractivity contribution in [1.29, 1.82) is 0 Å². The van der Waals surface area contributed by atoms with Crippen molar-refractivity contribution in [3.05, 3.63) is 65.2 Å². The van der Waals surface area contributed by atoms with E-state index in [1.54, 1.807) is 49.4 Å². The Morgan fingerprint density at radius 1 is 1.20 bits per heavy atom. The molecule has 0 aliphatic rings. The monoisotopic (exact) mass is 408 g/mol. The number of benzene rings is 1. The number of carbonyl (C=O) groups is 2. The van der Waals surface area contributed by atoms with Crippen LogP contribution in [0.2, 0.25) is 0 Å². The predicted octanol–water partition coefficient (Wildman–Crippen LogP) is 3.91. The van der Waals surface area contributed by atoms with Gasteiger partial charge in [-0.15, -0.1) is 0 Å². The zero-order chi connectivity index (χ0) is 21.7. The van der Waals surface area contributed by atoms with Gasteiger partial charge in [0.1, 0.15) is 11.5 Å². The molecule has 3 aromatic rings. The minimum atomic E-state index is -0.417. The van der Waals surface area contributed by atoms with E-state index in [2.05, 4.69) is 20.7 Å². The van der Waals surface area contributed by atoms with Crippen molar-refractivity contribution in [3.8, 4) is 11.3 Å². The second kappa shape index (κ2) is 8.77. The highest BCUT2D eigenvalue weighted by molar-refractivity contribution is 5.93. The molecule has 0 unspecified atom stereocenters. The van der Waals surface area contributed by atoms with Gasteiger partial charge in [0.2, 0.25) is 0 Å². The molecule has 2 N–H and O–H groups in total. The van der Waals surface area contributed by atoms with Gasteiger partial charge in [0.15, 0.2) is 5.69 Å². The second-order valence-corrected chi connectivity index (χ2v) is 7.62. The van der Waals surface area contributed by atoms with Crippen LogP contribution in [0.5, 0.6) is 0 Å². The molecule has 0 aliphatic carbocycles. The van der Waals surface area contributed by atoms with Crippen molar-refractivity contribution in [2.75, 3.05) is 6.61 Å². The van der Waals surface area contributed by atoms with Gasteiger partial charge in [-0.05, 0) is 37.3 Å². The molecule has 0 bridgehead atoms. The number of nitrogens with one attached hydrogen (secondary N) is 2. The minimum absolute atomic E-state index is 0.131. The summed E-state index contributed by atoms with van der Waals surface area (Å²) in [5, 5.41) is 10.8. The molecule has 0 spiro atoms. The van der Waals surface area contributed by atoms with Crippen LogP contribution in [-0.2, 0) is 10.2 Å². The van der Waals surface area contributed by atoms with Crippen LogP contribution in [0, 0.1) is 0 Å². The molecule has 0 saturated heterocycles. The molecule has 0 saturated carbocycles. The molecule has 3 rings (SSSR count). The summed E-state index contributed by atoms with van der Waals surface area (Å²) in [5.74, 6) is 0.301. The van der Waals surface area contributed by atoms with Crippen LogP contribution in [0.25, 0.3) is 11.3 Å². The van der Waals surface area contributed by atoms with Gasteiger partial charge in [-0.2, -0.15) is 10.2 Å². The predicted molar refractivity (Wildman–Crippen MR) is 112 cm³/mol. The minimum Gasteiger partial charge on any atom is -0.462 e. The lowest BCUT2D eigenvalue weighted by molar-refractivity contribution is 0.0526. The lowest BCUT2D eigenvalue weighted by Crippen LogP contribution is -2.18. The maximum absolute atomic E-state index is 12.2. The van der Waals surface area contributed by atoms with E-state index in [0.717, 1.165) is 11.3 Å². The molecule has 2 heterocycles. The van der Waals surface area contributed by atoms with E-state index in [1.165, 1.54) is 6.21 Å². The smallest absolute Gasteiger partial charge is 0.338 e. The molecule has 0 atom stereocenters. The van der Waals surface area contributed by atoms with Gasteiger partial charge in [-0.1, -0.05) is 32.9 Å². The van der Waals surface area contributed by atoms with Crippen LogP contribution in [0.1, 0.15) is 60.0 Å². The lowest BCUT2D eigenvalue weighted by atomic mass is 9.92. The fourth-order valence-electron chi connectivity index (χ4n) is 2.60. The number of ether oxygens (including phenoxy) is 1. The van der Waals surface area contributed by atoms with E-state index in [0.29, 0.717) is 23.7 Å². The summed E-state index contributed by atoms with van der Waals surface area (Å²) in [5.41, 5.74) is 4.70. The number of hydrogen-bond acceptors (Lipinski definition) is 6. The highest BCUT2D eigenvalue weighted by Crippen LogP contribution is 2.22. The molecular formula is C22H24N4O4. The molecule has 0 fully saturated rings. The first-order chi connectivity index (χ1) is 14.3. The topological polar surface area (TPSA) is 110 Å². The molecular weight excluding hydrogens is 384 g/mol. The summed E-state index contributed by atoms with van der Waals surface area (Å²) in [6, 6.07) is 12.1. The summed E-state index contributed by atoms with van der Waals surface area (Å²) in [6.07, 6.45) is 1.41. The second-order valence-electron chi connectivity index (χ2n) is 7.62.